The molecule has 3 rings (SSSR count). The molecule has 0 saturated carbocycles. The van der Waals surface area contributed by atoms with E-state index in [1.165, 1.54) is 17.5 Å². The van der Waals surface area contributed by atoms with Gasteiger partial charge in [-0.05, 0) is 35.9 Å². The number of benzene rings is 1. The van der Waals surface area contributed by atoms with Crippen LogP contribution in [0.4, 0.5) is 11.4 Å². The number of carbonyl (C=O) groups is 1. The maximum atomic E-state index is 12.4. The number of thiazole rings is 1. The van der Waals surface area contributed by atoms with Crippen molar-refractivity contribution in [3.8, 4) is 9.88 Å². The Bertz CT molecular complexity index is 882. The Labute approximate surface area is 147 Å². The molecule has 0 spiro atoms. The zero-order chi connectivity index (χ0) is 16.8. The maximum absolute atomic E-state index is 12.4. The Balaban J connectivity index is 1.78. The second kappa shape index (κ2) is 7.67. The number of aromatic nitrogens is 1. The molecule has 0 atom stereocenters. The largest absolute Gasteiger partial charge is 0.405 e. The minimum absolute atomic E-state index is 0.258. The van der Waals surface area contributed by atoms with Gasteiger partial charge in [-0.3, -0.25) is 9.79 Å². The fourth-order valence-electron chi connectivity index (χ4n) is 1.94. The summed E-state index contributed by atoms with van der Waals surface area (Å²) in [6, 6.07) is 11.3. The molecule has 0 saturated heterocycles. The molecular weight excluding hydrogens is 340 g/mol. The summed E-state index contributed by atoms with van der Waals surface area (Å²) in [6.07, 6.45) is 4.58. The molecule has 0 unspecified atom stereocenters. The molecule has 2 aromatic heterocycles. The highest BCUT2D eigenvalue weighted by Crippen LogP contribution is 2.29. The molecule has 7 heteroatoms. The van der Waals surface area contributed by atoms with Gasteiger partial charge in [0.25, 0.3) is 5.91 Å². The number of carbonyl (C=O) groups excluding carboxylic acids is 1. The number of rotatable bonds is 5. The van der Waals surface area contributed by atoms with Crippen LogP contribution in [0, 0.1) is 0 Å². The van der Waals surface area contributed by atoms with Gasteiger partial charge in [-0.15, -0.1) is 22.7 Å². The van der Waals surface area contributed by atoms with Gasteiger partial charge >= 0.3 is 0 Å². The van der Waals surface area contributed by atoms with Crippen molar-refractivity contribution in [2.75, 3.05) is 5.32 Å². The minimum atomic E-state index is -0.258. The number of para-hydroxylation sites is 2. The van der Waals surface area contributed by atoms with E-state index in [1.807, 2.05) is 35.7 Å². The van der Waals surface area contributed by atoms with Crippen molar-refractivity contribution >= 4 is 46.2 Å². The van der Waals surface area contributed by atoms with Gasteiger partial charge in [-0.1, -0.05) is 18.2 Å². The van der Waals surface area contributed by atoms with Crippen molar-refractivity contribution in [3.05, 3.63) is 65.1 Å². The van der Waals surface area contributed by atoms with Crippen LogP contribution in [-0.2, 0) is 0 Å². The molecule has 0 radical (unpaired) electrons. The molecule has 1 amide bonds. The maximum Gasteiger partial charge on any atom is 0.275 e. The lowest BCUT2D eigenvalue weighted by Gasteiger charge is -2.06. The Hall–Kier alpha value is -2.77. The summed E-state index contributed by atoms with van der Waals surface area (Å²) in [4.78, 5) is 22.2. The van der Waals surface area contributed by atoms with Gasteiger partial charge in [0, 0.05) is 11.6 Å². The molecule has 3 aromatic rings. The van der Waals surface area contributed by atoms with E-state index in [0.29, 0.717) is 17.1 Å². The fraction of sp³-hybridized carbons (Fsp3) is 0. The van der Waals surface area contributed by atoms with E-state index in [9.17, 15) is 4.79 Å². The number of thiophene rings is 1. The predicted molar refractivity (Wildman–Crippen MR) is 101 cm³/mol. The van der Waals surface area contributed by atoms with Crippen LogP contribution in [0.5, 0.6) is 0 Å². The van der Waals surface area contributed by atoms with E-state index in [2.05, 4.69) is 15.3 Å². The standard InChI is InChI=1S/C17H14N4OS2/c18-8-4-9-19-12-5-1-2-6-13(12)20-16(22)14-11-24-17(21-14)15-7-3-10-23-15/h1-11H,18H2,(H,20,22). The normalized spacial score (nSPS) is 11.3. The van der Waals surface area contributed by atoms with Gasteiger partial charge in [0.2, 0.25) is 0 Å². The van der Waals surface area contributed by atoms with Crippen molar-refractivity contribution < 1.29 is 4.79 Å². The molecule has 0 bridgehead atoms. The van der Waals surface area contributed by atoms with Crippen molar-refractivity contribution in [1.29, 1.82) is 0 Å². The smallest absolute Gasteiger partial charge is 0.275 e. The second-order valence-corrected chi connectivity index (χ2v) is 6.46. The van der Waals surface area contributed by atoms with E-state index < -0.39 is 0 Å². The van der Waals surface area contributed by atoms with E-state index in [1.54, 1.807) is 35.1 Å². The molecule has 3 N–H and O–H groups in total. The van der Waals surface area contributed by atoms with Crippen LogP contribution in [0.1, 0.15) is 10.5 Å². The van der Waals surface area contributed by atoms with Crippen LogP contribution in [0.15, 0.2) is 64.4 Å². The first-order valence-corrected chi connectivity index (χ1v) is 8.84. The highest BCUT2D eigenvalue weighted by molar-refractivity contribution is 7.20. The number of nitrogens with two attached hydrogens (primary N) is 1. The zero-order valence-corrected chi connectivity index (χ0v) is 14.2. The number of anilines is 1. The van der Waals surface area contributed by atoms with Crippen LogP contribution < -0.4 is 11.1 Å². The molecule has 0 aliphatic rings. The molecular formula is C17H14N4OS2. The first-order valence-electron chi connectivity index (χ1n) is 7.08. The topological polar surface area (TPSA) is 80.4 Å². The minimum Gasteiger partial charge on any atom is -0.405 e. The van der Waals surface area contributed by atoms with E-state index in [-0.39, 0.29) is 5.91 Å². The Morgan fingerprint density at radius 1 is 1.21 bits per heavy atom. The van der Waals surface area contributed by atoms with Gasteiger partial charge in [0.15, 0.2) is 0 Å². The molecule has 1 aromatic carbocycles. The van der Waals surface area contributed by atoms with Crippen LogP contribution in [0.2, 0.25) is 0 Å². The summed E-state index contributed by atoms with van der Waals surface area (Å²) < 4.78 is 0. The average Bonchev–Trinajstić information content (AvgIpc) is 3.28. The number of allylic oxidation sites excluding steroid dienone is 1. The number of nitrogens with one attached hydrogen (secondary N) is 1. The van der Waals surface area contributed by atoms with Crippen molar-refractivity contribution in [2.45, 2.75) is 0 Å². The Morgan fingerprint density at radius 3 is 2.88 bits per heavy atom. The van der Waals surface area contributed by atoms with Crippen molar-refractivity contribution in [1.82, 2.24) is 4.98 Å². The number of aliphatic imine (C=N–C) groups is 1. The van der Waals surface area contributed by atoms with Gasteiger partial charge in [-0.2, -0.15) is 0 Å². The lowest BCUT2D eigenvalue weighted by Crippen LogP contribution is -2.12. The fourth-order valence-corrected chi connectivity index (χ4v) is 3.56. The van der Waals surface area contributed by atoms with Gasteiger partial charge in [0.1, 0.15) is 10.7 Å². The monoisotopic (exact) mass is 354 g/mol. The molecule has 0 fully saturated rings. The number of amides is 1. The van der Waals surface area contributed by atoms with Gasteiger partial charge < -0.3 is 11.1 Å². The van der Waals surface area contributed by atoms with E-state index in [4.69, 9.17) is 5.73 Å². The van der Waals surface area contributed by atoms with Crippen molar-refractivity contribution in [2.24, 2.45) is 10.7 Å². The van der Waals surface area contributed by atoms with Crippen molar-refractivity contribution in [3.63, 3.8) is 0 Å². The average molecular weight is 354 g/mol. The molecule has 0 aliphatic carbocycles. The highest BCUT2D eigenvalue weighted by Gasteiger charge is 2.13. The number of hydrogen-bond donors (Lipinski definition) is 2. The summed E-state index contributed by atoms with van der Waals surface area (Å²) in [5.74, 6) is -0.258. The summed E-state index contributed by atoms with van der Waals surface area (Å²) >= 11 is 3.05. The molecule has 24 heavy (non-hydrogen) atoms. The van der Waals surface area contributed by atoms with Crippen LogP contribution >= 0.6 is 22.7 Å². The predicted octanol–water partition coefficient (Wildman–Crippen LogP) is 4.30. The lowest BCUT2D eigenvalue weighted by molar-refractivity contribution is 0.102. The van der Waals surface area contributed by atoms with Crippen LogP contribution in [0.3, 0.4) is 0 Å². The molecule has 5 nitrogen and oxygen atoms in total. The summed E-state index contributed by atoms with van der Waals surface area (Å²) in [7, 11) is 0. The zero-order valence-electron chi connectivity index (χ0n) is 12.5. The third-order valence-corrected chi connectivity index (χ3v) is 4.91. The Kier molecular flexibility index (Phi) is 5.15. The third kappa shape index (κ3) is 3.76. The first-order chi connectivity index (χ1) is 11.8. The quantitative estimate of drug-likeness (QED) is 0.670. The summed E-state index contributed by atoms with van der Waals surface area (Å²) in [5, 5.41) is 7.44. The summed E-state index contributed by atoms with van der Waals surface area (Å²) in [6.45, 7) is 0. The molecule has 120 valence electrons. The van der Waals surface area contributed by atoms with E-state index >= 15 is 0 Å². The van der Waals surface area contributed by atoms with Gasteiger partial charge in [0.05, 0.1) is 16.3 Å². The highest BCUT2D eigenvalue weighted by atomic mass is 32.1. The lowest BCUT2D eigenvalue weighted by atomic mass is 10.2. The molecule has 0 aliphatic heterocycles. The van der Waals surface area contributed by atoms with E-state index in [0.717, 1.165) is 9.88 Å². The number of nitrogens with zero attached hydrogens (tertiary/aromatic N) is 2. The third-order valence-electron chi connectivity index (χ3n) is 3.03. The summed E-state index contributed by atoms with van der Waals surface area (Å²) in [5.41, 5.74) is 6.95. The first kappa shape index (κ1) is 16.1. The number of hydrogen-bond acceptors (Lipinski definition) is 6. The Morgan fingerprint density at radius 2 is 2.08 bits per heavy atom. The molecule has 2 heterocycles. The van der Waals surface area contributed by atoms with Gasteiger partial charge in [-0.25, -0.2) is 4.98 Å². The van der Waals surface area contributed by atoms with Crippen LogP contribution in [0.25, 0.3) is 9.88 Å². The SMILES string of the molecule is NC=CC=Nc1ccccc1NC(=O)c1csc(-c2cccs2)n1. The second-order valence-electron chi connectivity index (χ2n) is 4.65. The van der Waals surface area contributed by atoms with Crippen LogP contribution in [-0.4, -0.2) is 17.1 Å².